The molecule has 10 heteroatoms. The van der Waals surface area contributed by atoms with Gasteiger partial charge in [0.25, 0.3) is 5.91 Å². The Morgan fingerprint density at radius 2 is 1.89 bits per heavy atom. The van der Waals surface area contributed by atoms with Crippen molar-refractivity contribution in [1.29, 1.82) is 0 Å². The number of likely N-dealkylation sites (tertiary alicyclic amines) is 1. The number of nitrogens with zero attached hydrogens (tertiary/aromatic N) is 4. The number of carbonyl (C=O) groups excluding carboxylic acids is 4. The quantitative estimate of drug-likeness (QED) is 0.250. The summed E-state index contributed by atoms with van der Waals surface area (Å²) in [6.45, 7) is 1.64. The zero-order valence-corrected chi connectivity index (χ0v) is 26.1. The van der Waals surface area contributed by atoms with Crippen LogP contribution in [0.3, 0.4) is 0 Å². The van der Waals surface area contributed by atoms with Gasteiger partial charge in [0.1, 0.15) is 6.04 Å². The van der Waals surface area contributed by atoms with E-state index in [1.54, 1.807) is 4.90 Å². The number of hydrogen-bond acceptors (Lipinski definition) is 5. The van der Waals surface area contributed by atoms with Crippen molar-refractivity contribution in [3.63, 3.8) is 0 Å². The third-order valence-corrected chi connectivity index (χ3v) is 15.1. The number of piperidine rings is 2. The maximum absolute atomic E-state index is 13.8. The summed E-state index contributed by atoms with van der Waals surface area (Å²) in [5.41, 5.74) is 4.23. The maximum Gasteiger partial charge on any atom is 0.259 e. The van der Waals surface area contributed by atoms with E-state index in [0.29, 0.717) is 33.7 Å². The smallest absolute Gasteiger partial charge is 0.259 e. The number of rotatable bonds is 5. The highest BCUT2D eigenvalue weighted by molar-refractivity contribution is 14.1. The minimum Gasteiger partial charge on any atom is -0.342 e. The van der Waals surface area contributed by atoms with Crippen molar-refractivity contribution in [2.45, 2.75) is 48.1 Å². The third-order valence-electron chi connectivity index (χ3n) is 13.3. The van der Waals surface area contributed by atoms with Gasteiger partial charge in [-0.05, 0) is 82.9 Å². The number of benzene rings is 2. The first-order valence-electron chi connectivity index (χ1n) is 16.1. The lowest BCUT2D eigenvalue weighted by Crippen LogP contribution is -2.84. The van der Waals surface area contributed by atoms with Crippen molar-refractivity contribution in [2.24, 2.45) is 40.4 Å². The highest BCUT2D eigenvalue weighted by atomic mass is 127. The fourth-order valence-electron chi connectivity index (χ4n) is 11.6. The summed E-state index contributed by atoms with van der Waals surface area (Å²) >= 11 is 2.61. The first-order chi connectivity index (χ1) is 21.4. The van der Waals surface area contributed by atoms with E-state index >= 15 is 0 Å². The first-order valence-corrected chi connectivity index (χ1v) is 17.3. The Labute approximate surface area is 266 Å². The average Bonchev–Trinajstić information content (AvgIpc) is 3.71. The maximum atomic E-state index is 13.8. The molecule has 4 amide bonds. The minimum atomic E-state index is -0.690. The van der Waals surface area contributed by atoms with Crippen LogP contribution < -0.4 is 10.2 Å². The molecule has 4 heterocycles. The van der Waals surface area contributed by atoms with Gasteiger partial charge in [-0.15, -0.1) is 0 Å². The SMILES string of the molecule is O=C1CCC(N2C(=O)c3cccc4c(Cc5cnn(C6CCN(C(=O)C78C(I)C9C%10C%11C7C%10%11C98)CC6)c5)ccc2c34)C(=O)N1. The van der Waals surface area contributed by atoms with E-state index in [-0.39, 0.29) is 29.7 Å². The van der Waals surface area contributed by atoms with Crippen LogP contribution in [0.1, 0.15) is 53.2 Å². The van der Waals surface area contributed by atoms with Gasteiger partial charge in [0, 0.05) is 47.0 Å². The summed E-state index contributed by atoms with van der Waals surface area (Å²) in [4.78, 5) is 55.4. The Hall–Kier alpha value is -3.28. The number of imide groups is 1. The molecule has 0 bridgehead atoms. The summed E-state index contributed by atoms with van der Waals surface area (Å²) in [7, 11) is 0. The zero-order chi connectivity index (χ0) is 29.4. The van der Waals surface area contributed by atoms with Gasteiger partial charge in [0.15, 0.2) is 0 Å². The molecular formula is C34H30IN5O4. The van der Waals surface area contributed by atoms with Crippen LogP contribution in [-0.4, -0.2) is 61.4 Å². The Kier molecular flexibility index (Phi) is 4.39. The van der Waals surface area contributed by atoms with Gasteiger partial charge in [0.05, 0.1) is 23.3 Å². The summed E-state index contributed by atoms with van der Waals surface area (Å²) in [5.74, 6) is 3.84. The molecule has 1 aromatic heterocycles. The highest BCUT2D eigenvalue weighted by Gasteiger charge is 3.16. The van der Waals surface area contributed by atoms with Gasteiger partial charge in [-0.2, -0.15) is 5.10 Å². The number of halogens is 1. The van der Waals surface area contributed by atoms with E-state index in [9.17, 15) is 19.2 Å². The molecule has 5 saturated carbocycles. The van der Waals surface area contributed by atoms with Crippen LogP contribution in [0.2, 0.25) is 0 Å². The van der Waals surface area contributed by atoms with Crippen molar-refractivity contribution in [3.8, 4) is 0 Å². The molecular weight excluding hydrogens is 669 g/mol. The number of alkyl halides is 1. The van der Waals surface area contributed by atoms with Crippen molar-refractivity contribution < 1.29 is 19.2 Å². The molecule has 11 rings (SSSR count). The zero-order valence-electron chi connectivity index (χ0n) is 23.9. The van der Waals surface area contributed by atoms with Crippen LogP contribution >= 0.6 is 22.6 Å². The fourth-order valence-corrected chi connectivity index (χ4v) is 13.5. The second-order valence-electron chi connectivity index (χ2n) is 14.6. The Morgan fingerprint density at radius 1 is 1.05 bits per heavy atom. The molecule has 9 unspecified atom stereocenters. The van der Waals surface area contributed by atoms with Crippen LogP contribution in [0.25, 0.3) is 10.8 Å². The molecule has 2 saturated heterocycles. The summed E-state index contributed by atoms with van der Waals surface area (Å²) in [5, 5.41) is 9.02. The van der Waals surface area contributed by atoms with Gasteiger partial charge in [-0.3, -0.25) is 34.1 Å². The number of nitrogens with one attached hydrogen (secondary N) is 1. The Morgan fingerprint density at radius 3 is 2.66 bits per heavy atom. The lowest BCUT2D eigenvalue weighted by molar-refractivity contribution is -0.281. The number of hydrogen-bond donors (Lipinski definition) is 1. The fraction of sp³-hybridized carbons (Fsp3) is 0.500. The van der Waals surface area contributed by atoms with Crippen LogP contribution in [0.15, 0.2) is 42.7 Å². The predicted molar refractivity (Wildman–Crippen MR) is 167 cm³/mol. The number of carbonyl (C=O) groups is 4. The van der Waals surface area contributed by atoms with Crippen LogP contribution in [0.4, 0.5) is 5.69 Å². The van der Waals surface area contributed by atoms with Crippen molar-refractivity contribution in [1.82, 2.24) is 20.0 Å². The monoisotopic (exact) mass is 699 g/mol. The van der Waals surface area contributed by atoms with Crippen LogP contribution in [0.5, 0.6) is 0 Å². The molecule has 5 aliphatic carbocycles. The predicted octanol–water partition coefficient (Wildman–Crippen LogP) is 3.48. The topological polar surface area (TPSA) is 105 Å². The summed E-state index contributed by atoms with van der Waals surface area (Å²) in [6.07, 6.45) is 7.17. The van der Waals surface area contributed by atoms with Gasteiger partial charge >= 0.3 is 0 Å². The normalized spacial score (nSPS) is 40.1. The second-order valence-corrected chi connectivity index (χ2v) is 15.9. The van der Waals surface area contributed by atoms with Gasteiger partial charge < -0.3 is 4.90 Å². The molecule has 8 aliphatic rings. The summed E-state index contributed by atoms with van der Waals surface area (Å²) < 4.78 is 2.67. The number of aromatic nitrogens is 2. The Balaban J connectivity index is 0.808. The molecule has 44 heavy (non-hydrogen) atoms. The minimum absolute atomic E-state index is 0.0134. The lowest BCUT2D eigenvalue weighted by atomic mass is 9.26. The standard InChI is InChI=1S/C34H30IN5O4/c35-29-24-25-26-28-33(25,26)27(24)34(28,29)32(44)38-10-8-17(9-11-38)39-14-15(13-36-39)12-16-4-5-20-23-18(16)2-1-3-19(23)31(43)40(20)21-6-7-22(41)37-30(21)42/h1-5,13-14,17,21,24-29H,6-12H2,(H,37,41,42). The van der Waals surface area contributed by atoms with Gasteiger partial charge in [0.2, 0.25) is 17.7 Å². The molecule has 222 valence electrons. The number of amides is 4. The van der Waals surface area contributed by atoms with E-state index in [0.717, 1.165) is 83.1 Å². The van der Waals surface area contributed by atoms with E-state index in [4.69, 9.17) is 5.10 Å². The van der Waals surface area contributed by atoms with Crippen molar-refractivity contribution in [3.05, 3.63) is 59.4 Å². The van der Waals surface area contributed by atoms with Crippen molar-refractivity contribution >= 4 is 62.7 Å². The highest BCUT2D eigenvalue weighted by Crippen LogP contribution is 3.16. The lowest BCUT2D eigenvalue weighted by Gasteiger charge is -2.79. The van der Waals surface area contributed by atoms with Crippen LogP contribution in [-0.2, 0) is 20.8 Å². The van der Waals surface area contributed by atoms with Crippen LogP contribution in [0, 0.1) is 40.4 Å². The summed E-state index contributed by atoms with van der Waals surface area (Å²) in [6, 6.07) is 9.35. The van der Waals surface area contributed by atoms with E-state index in [2.05, 4.69) is 43.7 Å². The second kappa shape index (κ2) is 7.74. The first kappa shape index (κ1) is 25.0. The molecule has 9 atom stereocenters. The largest absolute Gasteiger partial charge is 0.342 e. The molecule has 7 fully saturated rings. The van der Waals surface area contributed by atoms with E-state index < -0.39 is 11.9 Å². The molecule has 9 nitrogen and oxygen atoms in total. The molecule has 2 aromatic carbocycles. The third kappa shape index (κ3) is 2.52. The molecule has 1 N–H and O–H groups in total. The Bertz CT molecular complexity index is 1930. The number of fused-ring (bicyclic) bond motifs is 4. The van der Waals surface area contributed by atoms with E-state index in [1.165, 1.54) is 0 Å². The van der Waals surface area contributed by atoms with Gasteiger partial charge in [-0.25, -0.2) is 0 Å². The van der Waals surface area contributed by atoms with E-state index in [1.807, 2.05) is 36.5 Å². The van der Waals surface area contributed by atoms with Gasteiger partial charge in [-0.1, -0.05) is 40.8 Å². The van der Waals surface area contributed by atoms with Crippen molar-refractivity contribution in [2.75, 3.05) is 18.0 Å². The molecule has 1 spiro atoms. The number of anilines is 1. The molecule has 3 aliphatic heterocycles. The molecule has 3 aromatic rings. The molecule has 0 radical (unpaired) electrons. The average molecular weight is 700 g/mol.